The Balaban J connectivity index is 0.00000182. The summed E-state index contributed by atoms with van der Waals surface area (Å²) in [7, 11) is 1.69. The predicted molar refractivity (Wildman–Crippen MR) is 119 cm³/mol. The number of aryl methyl sites for hydroxylation is 1. The van der Waals surface area contributed by atoms with Gasteiger partial charge in [0.05, 0.1) is 13.4 Å². The minimum absolute atomic E-state index is 0. The van der Waals surface area contributed by atoms with E-state index in [4.69, 9.17) is 10.5 Å². The maximum atomic E-state index is 5.79. The monoisotopic (exact) mass is 425 g/mol. The van der Waals surface area contributed by atoms with Crippen molar-refractivity contribution in [2.75, 3.05) is 12.8 Å². The molecule has 3 aromatic rings. The lowest BCUT2D eigenvalue weighted by Crippen LogP contribution is -2.13. The number of rotatable bonds is 8. The van der Waals surface area contributed by atoms with Crippen LogP contribution in [-0.4, -0.2) is 21.9 Å². The minimum Gasteiger partial charge on any atom is -0.497 e. The Kier molecular flexibility index (Phi) is 10.1. The van der Waals surface area contributed by atoms with Gasteiger partial charge in [0.15, 0.2) is 0 Å². The number of ether oxygens (including phenoxy) is 1. The fourth-order valence-corrected chi connectivity index (χ4v) is 3.84. The summed E-state index contributed by atoms with van der Waals surface area (Å²) in [5.41, 5.74) is 7.92. The minimum atomic E-state index is 0. The van der Waals surface area contributed by atoms with E-state index in [1.807, 2.05) is 54.7 Å². The fourth-order valence-electron chi connectivity index (χ4n) is 2.68. The topological polar surface area (TPSA) is 53.1 Å². The van der Waals surface area contributed by atoms with E-state index in [1.54, 1.807) is 7.11 Å². The molecular weight excluding hydrogens is 401 g/mol. The summed E-state index contributed by atoms with van der Waals surface area (Å²) < 4.78 is 7.37. The van der Waals surface area contributed by atoms with E-state index in [2.05, 4.69) is 33.8 Å². The molecule has 1 atom stereocenters. The summed E-state index contributed by atoms with van der Waals surface area (Å²) in [5.74, 6) is 0.898. The van der Waals surface area contributed by atoms with E-state index in [-0.39, 0.29) is 24.8 Å². The molecular formula is C20H25Cl2N3OS. The van der Waals surface area contributed by atoms with Gasteiger partial charge in [-0.25, -0.2) is 4.98 Å². The van der Waals surface area contributed by atoms with Gasteiger partial charge >= 0.3 is 0 Å². The van der Waals surface area contributed by atoms with E-state index < -0.39 is 0 Å². The van der Waals surface area contributed by atoms with Gasteiger partial charge in [-0.05, 0) is 54.8 Å². The molecule has 0 saturated carbocycles. The van der Waals surface area contributed by atoms with Gasteiger partial charge in [-0.2, -0.15) is 0 Å². The molecule has 2 aromatic carbocycles. The van der Waals surface area contributed by atoms with Crippen LogP contribution >= 0.6 is 36.6 Å². The molecule has 27 heavy (non-hydrogen) atoms. The first-order chi connectivity index (χ1) is 12.2. The number of nitrogens with two attached hydrogens (primary N) is 1. The molecule has 0 saturated heterocycles. The zero-order valence-electron chi connectivity index (χ0n) is 15.2. The number of thioether (sulfide) groups is 1. The Morgan fingerprint density at radius 1 is 1.07 bits per heavy atom. The van der Waals surface area contributed by atoms with Crippen LogP contribution in [0.5, 0.6) is 5.75 Å². The molecule has 0 bridgehead atoms. The maximum Gasteiger partial charge on any atom is 0.118 e. The van der Waals surface area contributed by atoms with Crippen molar-refractivity contribution in [2.24, 2.45) is 0 Å². The summed E-state index contributed by atoms with van der Waals surface area (Å²) in [6.07, 6.45) is 7.84. The third-order valence-electron chi connectivity index (χ3n) is 4.07. The number of benzene rings is 2. The molecule has 0 aliphatic heterocycles. The first-order valence-electron chi connectivity index (χ1n) is 8.34. The Hall–Kier alpha value is -1.82. The molecule has 0 fully saturated rings. The highest BCUT2D eigenvalue weighted by Crippen LogP contribution is 2.28. The van der Waals surface area contributed by atoms with Crippen molar-refractivity contribution < 1.29 is 4.74 Å². The predicted octanol–water partition coefficient (Wildman–Crippen LogP) is 5.11. The van der Waals surface area contributed by atoms with Crippen molar-refractivity contribution in [1.29, 1.82) is 0 Å². The van der Waals surface area contributed by atoms with Crippen LogP contribution < -0.4 is 10.5 Å². The number of imidazole rings is 1. The Morgan fingerprint density at radius 3 is 2.37 bits per heavy atom. The number of halogens is 2. The van der Waals surface area contributed by atoms with Crippen molar-refractivity contribution in [2.45, 2.75) is 29.5 Å². The highest BCUT2D eigenvalue weighted by atomic mass is 35.5. The number of nitrogen functional groups attached to an aromatic ring is 1. The largest absolute Gasteiger partial charge is 0.497 e. The average molecular weight is 426 g/mol. The van der Waals surface area contributed by atoms with Gasteiger partial charge in [-0.15, -0.1) is 36.6 Å². The Labute approximate surface area is 177 Å². The van der Waals surface area contributed by atoms with Crippen molar-refractivity contribution in [3.8, 4) is 5.75 Å². The summed E-state index contributed by atoms with van der Waals surface area (Å²) in [5, 5.41) is 0.458. The Morgan fingerprint density at radius 2 is 1.78 bits per heavy atom. The van der Waals surface area contributed by atoms with E-state index >= 15 is 0 Å². The molecule has 1 unspecified atom stereocenters. The van der Waals surface area contributed by atoms with E-state index in [9.17, 15) is 0 Å². The lowest BCUT2D eigenvalue weighted by molar-refractivity contribution is 0.414. The molecule has 0 aliphatic rings. The second kappa shape index (κ2) is 11.8. The molecule has 146 valence electrons. The standard InChI is InChI=1S/C20H23N3OS.2ClH/c1-24-18-7-2-16(3-8-18)4-9-20(14-23-13-12-22-15-23)25-19-10-5-17(21)6-11-19;;/h2-3,5-8,10-13,15,20H,4,9,14,21H2,1H3;2*1H. The van der Waals surface area contributed by atoms with Gasteiger partial charge in [0.2, 0.25) is 0 Å². The van der Waals surface area contributed by atoms with Crippen LogP contribution in [0.1, 0.15) is 12.0 Å². The second-order valence-electron chi connectivity index (χ2n) is 5.96. The molecule has 1 aromatic heterocycles. The van der Waals surface area contributed by atoms with Gasteiger partial charge < -0.3 is 15.0 Å². The van der Waals surface area contributed by atoms with Crippen LogP contribution in [0.2, 0.25) is 0 Å². The number of nitrogens with zero attached hydrogens (tertiary/aromatic N) is 2. The lowest BCUT2D eigenvalue weighted by Gasteiger charge is -2.17. The number of methoxy groups -OCH3 is 1. The molecule has 3 rings (SSSR count). The molecule has 7 heteroatoms. The van der Waals surface area contributed by atoms with Crippen molar-refractivity contribution in [3.63, 3.8) is 0 Å². The van der Waals surface area contributed by atoms with Crippen LogP contribution in [0.4, 0.5) is 5.69 Å². The van der Waals surface area contributed by atoms with Gasteiger partial charge in [0, 0.05) is 34.8 Å². The third kappa shape index (κ3) is 7.37. The normalized spacial score (nSPS) is 11.1. The number of hydrogen-bond donors (Lipinski definition) is 1. The van der Waals surface area contributed by atoms with Crippen LogP contribution in [-0.2, 0) is 13.0 Å². The quantitative estimate of drug-likeness (QED) is 0.402. The highest BCUT2D eigenvalue weighted by molar-refractivity contribution is 8.00. The zero-order valence-corrected chi connectivity index (χ0v) is 17.6. The SMILES string of the molecule is COc1ccc(CCC(Cn2ccnc2)Sc2ccc(N)cc2)cc1.Cl.Cl. The van der Waals surface area contributed by atoms with Crippen molar-refractivity contribution in [1.82, 2.24) is 9.55 Å². The smallest absolute Gasteiger partial charge is 0.118 e. The van der Waals surface area contributed by atoms with Crippen LogP contribution in [0.15, 0.2) is 72.1 Å². The molecule has 0 radical (unpaired) electrons. The summed E-state index contributed by atoms with van der Waals surface area (Å²) in [6, 6.07) is 16.4. The molecule has 0 aliphatic carbocycles. The van der Waals surface area contributed by atoms with Crippen LogP contribution in [0.25, 0.3) is 0 Å². The van der Waals surface area contributed by atoms with Gasteiger partial charge in [0.25, 0.3) is 0 Å². The number of aromatic nitrogens is 2. The van der Waals surface area contributed by atoms with Gasteiger partial charge in [-0.3, -0.25) is 0 Å². The first-order valence-corrected chi connectivity index (χ1v) is 9.22. The average Bonchev–Trinajstić information content (AvgIpc) is 3.15. The Bertz CT molecular complexity index is 765. The van der Waals surface area contributed by atoms with E-state index in [0.717, 1.165) is 30.8 Å². The summed E-state index contributed by atoms with van der Waals surface area (Å²) in [6.45, 7) is 0.936. The molecule has 0 amide bonds. The second-order valence-corrected chi connectivity index (χ2v) is 7.33. The molecule has 0 spiro atoms. The third-order valence-corrected chi connectivity index (χ3v) is 5.33. The van der Waals surface area contributed by atoms with Crippen LogP contribution in [0.3, 0.4) is 0 Å². The summed E-state index contributed by atoms with van der Waals surface area (Å²) >= 11 is 1.89. The highest BCUT2D eigenvalue weighted by Gasteiger charge is 2.12. The maximum absolute atomic E-state index is 5.79. The summed E-state index contributed by atoms with van der Waals surface area (Å²) in [4.78, 5) is 5.40. The molecule has 4 nitrogen and oxygen atoms in total. The van der Waals surface area contributed by atoms with Gasteiger partial charge in [0.1, 0.15) is 5.75 Å². The van der Waals surface area contributed by atoms with E-state index in [1.165, 1.54) is 10.5 Å². The molecule has 1 heterocycles. The van der Waals surface area contributed by atoms with E-state index in [0.29, 0.717) is 5.25 Å². The molecule has 2 N–H and O–H groups in total. The van der Waals surface area contributed by atoms with Crippen molar-refractivity contribution in [3.05, 3.63) is 72.8 Å². The number of anilines is 1. The van der Waals surface area contributed by atoms with Crippen LogP contribution in [0, 0.1) is 0 Å². The fraction of sp³-hybridized carbons (Fsp3) is 0.250. The number of hydrogen-bond acceptors (Lipinski definition) is 4. The van der Waals surface area contributed by atoms with Gasteiger partial charge in [-0.1, -0.05) is 12.1 Å². The van der Waals surface area contributed by atoms with Crippen molar-refractivity contribution >= 4 is 42.3 Å². The lowest BCUT2D eigenvalue weighted by atomic mass is 10.1. The first kappa shape index (κ1) is 23.2. The zero-order chi connectivity index (χ0) is 17.5.